The number of aromatic nitrogens is 4. The molecule has 0 unspecified atom stereocenters. The number of fused-ring (bicyclic) bond motifs is 1. The monoisotopic (exact) mass is 573 g/mol. The fourth-order valence-corrected chi connectivity index (χ4v) is 7.14. The number of aliphatic carboxylic acids is 1. The third kappa shape index (κ3) is 4.53. The Morgan fingerprint density at radius 1 is 1.00 bits per heavy atom. The van der Waals surface area contributed by atoms with Crippen LogP contribution in [-0.2, 0) is 21.4 Å². The molecule has 1 fully saturated rings. The molecule has 9 nitrogen and oxygen atoms in total. The summed E-state index contributed by atoms with van der Waals surface area (Å²) in [5, 5.41) is 11.1. The molecule has 5 aromatic rings. The van der Waals surface area contributed by atoms with Gasteiger partial charge in [0, 0.05) is 24.0 Å². The van der Waals surface area contributed by atoms with E-state index in [1.165, 1.54) is 18.5 Å². The third-order valence-corrected chi connectivity index (χ3v) is 9.60. The van der Waals surface area contributed by atoms with Gasteiger partial charge in [-0.15, -0.1) is 0 Å². The van der Waals surface area contributed by atoms with Gasteiger partial charge in [0.05, 0.1) is 17.4 Å². The molecular weight excluding hydrogens is 550 g/mol. The van der Waals surface area contributed by atoms with Crippen LogP contribution in [0.1, 0.15) is 17.9 Å². The fourth-order valence-electron chi connectivity index (χ4n) is 5.25. The summed E-state index contributed by atoms with van der Waals surface area (Å²) >= 11 is 6.00. The average Bonchev–Trinajstić information content (AvgIpc) is 3.60. The Balaban J connectivity index is 1.38. The van der Waals surface area contributed by atoms with E-state index in [1.807, 2.05) is 42.5 Å². The molecule has 1 aliphatic rings. The molecule has 2 atom stereocenters. The number of halogens is 1. The molecule has 40 heavy (non-hydrogen) atoms. The van der Waals surface area contributed by atoms with Gasteiger partial charge >= 0.3 is 5.97 Å². The van der Waals surface area contributed by atoms with Crippen LogP contribution >= 0.6 is 11.6 Å². The predicted molar refractivity (Wildman–Crippen MR) is 150 cm³/mol. The maximum absolute atomic E-state index is 14.2. The Kier molecular flexibility index (Phi) is 6.61. The minimum atomic E-state index is -4.23. The highest BCUT2D eigenvalue weighted by Gasteiger charge is 2.67. The van der Waals surface area contributed by atoms with Gasteiger partial charge in [0.1, 0.15) is 17.4 Å². The molecule has 0 radical (unpaired) electrons. The molecule has 6 rings (SSSR count). The first-order valence-corrected chi connectivity index (χ1v) is 14.4. The first-order chi connectivity index (χ1) is 19.3. The summed E-state index contributed by atoms with van der Waals surface area (Å²) in [6.07, 6.45) is 4.68. The number of carboxylic acids is 1. The van der Waals surface area contributed by atoms with E-state index in [1.54, 1.807) is 41.4 Å². The SMILES string of the molecule is O=C(O)[C@@]1(N(CCn2cnc3cncnc32)S(=O)(=O)c2ccc(-c3ccc(Cl)cc3)cc2)C[C@H]1c1ccccc1. The summed E-state index contributed by atoms with van der Waals surface area (Å²) < 4.78 is 31.3. The van der Waals surface area contributed by atoms with E-state index in [9.17, 15) is 18.3 Å². The fraction of sp³-hybridized carbons (Fsp3) is 0.172. The quantitative estimate of drug-likeness (QED) is 0.268. The molecule has 202 valence electrons. The van der Waals surface area contributed by atoms with Crippen LogP contribution in [0.5, 0.6) is 0 Å². The summed E-state index contributed by atoms with van der Waals surface area (Å²) in [6.45, 7) is 0.0680. The van der Waals surface area contributed by atoms with Crippen LogP contribution in [0, 0.1) is 0 Å². The standard InChI is InChI=1S/C29H24ClN5O4S/c30-23-10-6-20(7-11-23)21-8-12-24(13-9-21)40(38,39)35(15-14-34-19-33-26-17-31-18-32-27(26)34)29(28(36)37)16-25(29)22-4-2-1-3-5-22/h1-13,17-19,25H,14-16H2,(H,36,37)/t25-,29+/m0/s1. The second-order valence-corrected chi connectivity index (χ2v) is 12.0. The van der Waals surface area contributed by atoms with E-state index in [-0.39, 0.29) is 24.4 Å². The first-order valence-electron chi connectivity index (χ1n) is 12.6. The topological polar surface area (TPSA) is 118 Å². The number of hydrogen-bond donors (Lipinski definition) is 1. The zero-order valence-corrected chi connectivity index (χ0v) is 22.7. The Bertz CT molecular complexity index is 1790. The molecule has 0 aliphatic heterocycles. The van der Waals surface area contributed by atoms with Crippen LogP contribution < -0.4 is 0 Å². The van der Waals surface area contributed by atoms with Gasteiger partial charge in [-0.25, -0.2) is 23.4 Å². The summed E-state index contributed by atoms with van der Waals surface area (Å²) in [6, 6.07) is 22.9. The smallest absolute Gasteiger partial charge is 0.325 e. The van der Waals surface area contributed by atoms with Crippen LogP contribution in [-0.4, -0.2) is 55.4 Å². The summed E-state index contributed by atoms with van der Waals surface area (Å²) in [7, 11) is -4.23. The number of carboxylic acid groups (broad SMARTS) is 1. The van der Waals surface area contributed by atoms with Crippen LogP contribution in [0.25, 0.3) is 22.3 Å². The third-order valence-electron chi connectivity index (χ3n) is 7.39. The van der Waals surface area contributed by atoms with E-state index < -0.39 is 27.4 Å². The van der Waals surface area contributed by atoms with Crippen LogP contribution in [0.4, 0.5) is 0 Å². The van der Waals surface area contributed by atoms with Crippen molar-refractivity contribution in [1.29, 1.82) is 0 Å². The number of nitrogens with zero attached hydrogens (tertiary/aromatic N) is 5. The summed E-state index contributed by atoms with van der Waals surface area (Å²) in [4.78, 5) is 25.4. The number of carbonyl (C=O) groups is 1. The molecule has 2 heterocycles. The van der Waals surface area contributed by atoms with Crippen LogP contribution in [0.3, 0.4) is 0 Å². The highest BCUT2D eigenvalue weighted by Crippen LogP contribution is 2.57. The van der Waals surface area contributed by atoms with Gasteiger partial charge in [-0.2, -0.15) is 4.31 Å². The molecule has 1 saturated carbocycles. The molecule has 3 aromatic carbocycles. The van der Waals surface area contributed by atoms with Crippen molar-refractivity contribution in [3.8, 4) is 11.1 Å². The highest BCUT2D eigenvalue weighted by molar-refractivity contribution is 7.89. The molecular formula is C29H24ClN5O4S. The van der Waals surface area contributed by atoms with E-state index in [0.29, 0.717) is 16.2 Å². The lowest BCUT2D eigenvalue weighted by atomic mass is 10.1. The van der Waals surface area contributed by atoms with Gasteiger partial charge in [-0.1, -0.05) is 66.2 Å². The van der Waals surface area contributed by atoms with Crippen molar-refractivity contribution in [2.24, 2.45) is 0 Å². The Labute approximate surface area is 235 Å². The predicted octanol–water partition coefficient (Wildman–Crippen LogP) is 4.85. The van der Waals surface area contributed by atoms with Gasteiger partial charge in [0.25, 0.3) is 0 Å². The molecule has 11 heteroatoms. The average molecular weight is 574 g/mol. The molecule has 0 saturated heterocycles. The van der Waals surface area contributed by atoms with E-state index in [4.69, 9.17) is 11.6 Å². The minimum absolute atomic E-state index is 0.0161. The normalized spacial score (nSPS) is 18.7. The Morgan fingerprint density at radius 2 is 1.68 bits per heavy atom. The van der Waals surface area contributed by atoms with E-state index >= 15 is 0 Å². The number of hydrogen-bond acceptors (Lipinski definition) is 6. The first kappa shape index (κ1) is 26.1. The van der Waals surface area contributed by atoms with Crippen LogP contribution in [0.2, 0.25) is 5.02 Å². The van der Waals surface area contributed by atoms with Crippen molar-refractivity contribution in [2.45, 2.75) is 29.3 Å². The maximum Gasteiger partial charge on any atom is 0.325 e. The molecule has 1 N–H and O–H groups in total. The molecule has 0 spiro atoms. The Hall–Kier alpha value is -4.12. The maximum atomic E-state index is 14.2. The number of rotatable bonds is 9. The van der Waals surface area contributed by atoms with Gasteiger partial charge in [-0.05, 0) is 47.4 Å². The van der Waals surface area contributed by atoms with Crippen molar-refractivity contribution < 1.29 is 18.3 Å². The molecule has 1 aliphatic carbocycles. The second-order valence-electron chi connectivity index (χ2n) is 9.67. The second kappa shape index (κ2) is 10.1. The van der Waals surface area contributed by atoms with Gasteiger partial charge in [0.2, 0.25) is 10.0 Å². The van der Waals surface area contributed by atoms with E-state index in [2.05, 4.69) is 15.0 Å². The lowest BCUT2D eigenvalue weighted by Gasteiger charge is -2.30. The van der Waals surface area contributed by atoms with Crippen molar-refractivity contribution in [3.05, 3.63) is 108 Å². The summed E-state index contributed by atoms with van der Waals surface area (Å²) in [5.41, 5.74) is 1.96. The zero-order chi connectivity index (χ0) is 27.9. The highest BCUT2D eigenvalue weighted by atomic mass is 35.5. The molecule has 2 aromatic heterocycles. The van der Waals surface area contributed by atoms with Crippen molar-refractivity contribution in [3.63, 3.8) is 0 Å². The van der Waals surface area contributed by atoms with Crippen molar-refractivity contribution >= 4 is 38.8 Å². The number of benzene rings is 3. The summed E-state index contributed by atoms with van der Waals surface area (Å²) in [5.74, 6) is -1.67. The molecule has 0 bridgehead atoms. The number of imidazole rings is 1. The van der Waals surface area contributed by atoms with Gasteiger partial charge in [0.15, 0.2) is 5.65 Å². The van der Waals surface area contributed by atoms with Gasteiger partial charge in [-0.3, -0.25) is 4.79 Å². The lowest BCUT2D eigenvalue weighted by Crippen LogP contribution is -2.49. The Morgan fingerprint density at radius 3 is 2.35 bits per heavy atom. The van der Waals surface area contributed by atoms with E-state index in [0.717, 1.165) is 21.0 Å². The number of sulfonamides is 1. The largest absolute Gasteiger partial charge is 0.480 e. The zero-order valence-electron chi connectivity index (χ0n) is 21.1. The lowest BCUT2D eigenvalue weighted by molar-refractivity contribution is -0.143. The minimum Gasteiger partial charge on any atom is -0.480 e. The van der Waals surface area contributed by atoms with Crippen molar-refractivity contribution in [2.75, 3.05) is 6.54 Å². The van der Waals surface area contributed by atoms with Crippen LogP contribution in [0.15, 0.2) is 103 Å². The molecule has 0 amide bonds. The van der Waals surface area contributed by atoms with Crippen molar-refractivity contribution in [1.82, 2.24) is 23.8 Å². The van der Waals surface area contributed by atoms with Gasteiger partial charge < -0.3 is 9.67 Å².